The molecule has 2 heterocycles. The van der Waals surface area contributed by atoms with Crippen molar-refractivity contribution in [1.82, 2.24) is 9.38 Å². The monoisotopic (exact) mass is 355 g/mol. The Labute approximate surface area is 126 Å². The molecule has 0 aliphatic heterocycles. The molecule has 2 aromatic heterocycles. The number of imidazole rings is 1. The number of H-pyrrole nitrogens is 1. The molecule has 7 heteroatoms. The predicted molar refractivity (Wildman–Crippen MR) is 80.5 cm³/mol. The Hall–Kier alpha value is -1.79. The quantitative estimate of drug-likeness (QED) is 0.701. The van der Waals surface area contributed by atoms with Crippen LogP contribution in [0.1, 0.15) is 0 Å². The second kappa shape index (κ2) is 4.64. The minimum Gasteiger partial charge on any atom is -0.397 e. The molecule has 0 fully saturated rings. The van der Waals surface area contributed by atoms with Gasteiger partial charge in [0.05, 0.1) is 21.9 Å². The van der Waals surface area contributed by atoms with E-state index in [0.717, 1.165) is 0 Å². The lowest BCUT2D eigenvalue weighted by molar-refractivity contribution is 0.628. The number of nitrogens with zero attached hydrogens (tertiary/aromatic N) is 1. The molecule has 0 aliphatic rings. The third-order valence-electron chi connectivity index (χ3n) is 2.95. The molecule has 0 aliphatic carbocycles. The van der Waals surface area contributed by atoms with Crippen molar-refractivity contribution in [2.75, 3.05) is 5.73 Å². The maximum atomic E-state index is 13.4. The number of nitrogen functional groups attached to an aromatic ring is 1. The van der Waals surface area contributed by atoms with Gasteiger partial charge in [-0.25, -0.2) is 9.18 Å². The summed E-state index contributed by atoms with van der Waals surface area (Å²) >= 11 is 9.35. The Morgan fingerprint density at radius 3 is 2.85 bits per heavy atom. The number of aromatic nitrogens is 2. The summed E-state index contributed by atoms with van der Waals surface area (Å²) in [5, 5.41) is 0.331. The SMILES string of the molecule is Nc1cc(Br)cn2c(=O)[nH]c(-c3cc(F)ccc3Cl)c12. The third-order valence-corrected chi connectivity index (χ3v) is 3.71. The highest BCUT2D eigenvalue weighted by Crippen LogP contribution is 2.32. The number of hydrogen-bond donors (Lipinski definition) is 2. The first-order valence-electron chi connectivity index (χ1n) is 5.62. The predicted octanol–water partition coefficient (Wildman–Crippen LogP) is 3.43. The van der Waals surface area contributed by atoms with E-state index in [1.54, 1.807) is 12.3 Å². The van der Waals surface area contributed by atoms with Gasteiger partial charge in [-0.2, -0.15) is 0 Å². The van der Waals surface area contributed by atoms with Crippen LogP contribution in [0, 0.1) is 5.82 Å². The van der Waals surface area contributed by atoms with Crippen LogP contribution in [0.15, 0.2) is 39.7 Å². The van der Waals surface area contributed by atoms with E-state index in [1.807, 2.05) is 0 Å². The zero-order valence-corrected chi connectivity index (χ0v) is 12.3. The number of halogens is 3. The Bertz CT molecular complexity index is 887. The standard InChI is InChI=1S/C13H8BrClFN3O/c14-6-3-10(17)12-11(18-13(20)19(12)5-6)8-4-7(16)1-2-9(8)15/h1-5H,17H2,(H,18,20). The summed E-state index contributed by atoms with van der Waals surface area (Å²) in [7, 11) is 0. The summed E-state index contributed by atoms with van der Waals surface area (Å²) in [5.74, 6) is -0.444. The first kappa shape index (κ1) is 13.2. The van der Waals surface area contributed by atoms with Crippen molar-refractivity contribution in [3.63, 3.8) is 0 Å². The number of rotatable bonds is 1. The van der Waals surface area contributed by atoms with Crippen LogP contribution in [-0.2, 0) is 0 Å². The van der Waals surface area contributed by atoms with Gasteiger partial charge in [0.1, 0.15) is 5.82 Å². The molecule has 1 aromatic carbocycles. The lowest BCUT2D eigenvalue weighted by atomic mass is 10.1. The Morgan fingerprint density at radius 1 is 1.35 bits per heavy atom. The van der Waals surface area contributed by atoms with Crippen molar-refractivity contribution < 1.29 is 4.39 Å². The molecule has 0 saturated carbocycles. The van der Waals surface area contributed by atoms with E-state index in [4.69, 9.17) is 17.3 Å². The third kappa shape index (κ3) is 2.01. The summed E-state index contributed by atoms with van der Waals surface area (Å²) in [6.45, 7) is 0. The topological polar surface area (TPSA) is 63.3 Å². The Morgan fingerprint density at radius 2 is 2.10 bits per heavy atom. The number of nitrogens with one attached hydrogen (secondary N) is 1. The summed E-state index contributed by atoms with van der Waals surface area (Å²) in [5.41, 5.74) is 7.21. The minimum absolute atomic E-state index is 0.331. The summed E-state index contributed by atoms with van der Waals surface area (Å²) in [4.78, 5) is 14.6. The second-order valence-electron chi connectivity index (χ2n) is 4.26. The molecule has 20 heavy (non-hydrogen) atoms. The summed E-state index contributed by atoms with van der Waals surface area (Å²) in [6, 6.07) is 5.61. The van der Waals surface area contributed by atoms with Gasteiger partial charge in [0.2, 0.25) is 0 Å². The van der Waals surface area contributed by atoms with Gasteiger partial charge in [0, 0.05) is 16.2 Å². The number of pyridine rings is 1. The fourth-order valence-electron chi connectivity index (χ4n) is 2.12. The fourth-order valence-corrected chi connectivity index (χ4v) is 2.78. The van der Waals surface area contributed by atoms with Crippen molar-refractivity contribution >= 4 is 38.7 Å². The normalized spacial score (nSPS) is 11.2. The molecule has 0 bridgehead atoms. The highest BCUT2D eigenvalue weighted by molar-refractivity contribution is 9.10. The van der Waals surface area contributed by atoms with Crippen molar-refractivity contribution in [1.29, 1.82) is 0 Å². The van der Waals surface area contributed by atoms with Crippen molar-refractivity contribution in [3.8, 4) is 11.3 Å². The van der Waals surface area contributed by atoms with Crippen molar-refractivity contribution in [2.45, 2.75) is 0 Å². The van der Waals surface area contributed by atoms with E-state index < -0.39 is 5.82 Å². The molecule has 0 atom stereocenters. The molecule has 0 saturated heterocycles. The first-order chi connectivity index (χ1) is 9.47. The van der Waals surface area contributed by atoms with Gasteiger partial charge in [0.25, 0.3) is 0 Å². The molecule has 3 N–H and O–H groups in total. The van der Waals surface area contributed by atoms with E-state index in [9.17, 15) is 9.18 Å². The average Bonchev–Trinajstić information content (AvgIpc) is 2.70. The van der Waals surface area contributed by atoms with Gasteiger partial charge in [-0.3, -0.25) is 4.40 Å². The number of anilines is 1. The molecule has 4 nitrogen and oxygen atoms in total. The van der Waals surface area contributed by atoms with Crippen LogP contribution in [0.4, 0.5) is 10.1 Å². The molecule has 102 valence electrons. The molecule has 0 unspecified atom stereocenters. The molecule has 3 rings (SSSR count). The fraction of sp³-hybridized carbons (Fsp3) is 0. The second-order valence-corrected chi connectivity index (χ2v) is 5.58. The molecular weight excluding hydrogens is 349 g/mol. The maximum Gasteiger partial charge on any atom is 0.330 e. The maximum absolute atomic E-state index is 13.4. The van der Waals surface area contributed by atoms with Crippen LogP contribution >= 0.6 is 27.5 Å². The van der Waals surface area contributed by atoms with Gasteiger partial charge in [0.15, 0.2) is 0 Å². The molecule has 0 radical (unpaired) electrons. The van der Waals surface area contributed by atoms with Crippen LogP contribution in [0.25, 0.3) is 16.8 Å². The van der Waals surface area contributed by atoms with Crippen LogP contribution in [0.5, 0.6) is 0 Å². The Balaban J connectivity index is 2.44. The van der Waals surface area contributed by atoms with E-state index in [2.05, 4.69) is 20.9 Å². The van der Waals surface area contributed by atoms with Gasteiger partial charge in [-0.15, -0.1) is 0 Å². The Kier molecular flexibility index (Phi) is 3.07. The highest BCUT2D eigenvalue weighted by atomic mass is 79.9. The molecule has 0 spiro atoms. The average molecular weight is 357 g/mol. The number of nitrogens with two attached hydrogens (primary N) is 1. The lowest BCUT2D eigenvalue weighted by Gasteiger charge is -2.05. The van der Waals surface area contributed by atoms with Gasteiger partial charge in [-0.05, 0) is 40.2 Å². The van der Waals surface area contributed by atoms with Crippen LogP contribution < -0.4 is 11.4 Å². The van der Waals surface area contributed by atoms with Crippen LogP contribution in [0.3, 0.4) is 0 Å². The lowest BCUT2D eigenvalue weighted by Crippen LogP contribution is -2.09. The minimum atomic E-state index is -0.444. The zero-order chi connectivity index (χ0) is 14.4. The van der Waals surface area contributed by atoms with Gasteiger partial charge >= 0.3 is 5.69 Å². The zero-order valence-electron chi connectivity index (χ0n) is 9.95. The van der Waals surface area contributed by atoms with Crippen molar-refractivity contribution in [2.24, 2.45) is 0 Å². The van der Waals surface area contributed by atoms with Gasteiger partial charge < -0.3 is 10.7 Å². The number of fused-ring (bicyclic) bond motifs is 1. The smallest absolute Gasteiger partial charge is 0.330 e. The number of benzene rings is 1. The largest absolute Gasteiger partial charge is 0.397 e. The van der Waals surface area contributed by atoms with Gasteiger partial charge in [-0.1, -0.05) is 11.6 Å². The molecular formula is C13H8BrClFN3O. The highest BCUT2D eigenvalue weighted by Gasteiger charge is 2.15. The van der Waals surface area contributed by atoms with Crippen LogP contribution in [0.2, 0.25) is 5.02 Å². The van der Waals surface area contributed by atoms with Crippen molar-refractivity contribution in [3.05, 3.63) is 56.3 Å². The van der Waals surface area contributed by atoms with Crippen LogP contribution in [-0.4, -0.2) is 9.38 Å². The molecule has 0 amide bonds. The number of aromatic amines is 1. The van der Waals surface area contributed by atoms with E-state index in [0.29, 0.717) is 32.0 Å². The van der Waals surface area contributed by atoms with E-state index >= 15 is 0 Å². The summed E-state index contributed by atoms with van der Waals surface area (Å²) in [6.07, 6.45) is 1.58. The van der Waals surface area contributed by atoms with E-state index in [1.165, 1.54) is 22.6 Å². The van der Waals surface area contributed by atoms with E-state index in [-0.39, 0.29) is 5.69 Å². The molecule has 3 aromatic rings. The number of hydrogen-bond acceptors (Lipinski definition) is 2. The summed E-state index contributed by atoms with van der Waals surface area (Å²) < 4.78 is 15.4. The first-order valence-corrected chi connectivity index (χ1v) is 6.79.